The molecule has 0 amide bonds. The number of benzene rings is 1. The number of nitrogen functional groups attached to an aromatic ring is 1. The molecule has 0 aliphatic carbocycles. The lowest BCUT2D eigenvalue weighted by Gasteiger charge is -2.02. The van der Waals surface area contributed by atoms with Gasteiger partial charge in [0.1, 0.15) is 17.2 Å². The fraction of sp³-hybridized carbons (Fsp3) is 0.0769. The Balaban J connectivity index is 2.22. The van der Waals surface area contributed by atoms with Crippen LogP contribution in [0.2, 0.25) is 0 Å². The van der Waals surface area contributed by atoms with E-state index in [1.165, 1.54) is 6.07 Å². The molecule has 2 N–H and O–H groups in total. The van der Waals surface area contributed by atoms with Crippen LogP contribution in [0, 0.1) is 5.82 Å². The summed E-state index contributed by atoms with van der Waals surface area (Å²) in [6.45, 7) is 0. The third-order valence-electron chi connectivity index (χ3n) is 2.81. The van der Waals surface area contributed by atoms with Crippen LogP contribution in [0.3, 0.4) is 0 Å². The molecule has 0 atom stereocenters. The highest BCUT2D eigenvalue weighted by Crippen LogP contribution is 2.36. The Bertz CT molecular complexity index is 732. The second kappa shape index (κ2) is 4.24. The Labute approximate surface area is 108 Å². The van der Waals surface area contributed by atoms with Crippen LogP contribution in [-0.2, 0) is 7.05 Å². The Morgan fingerprint density at radius 1 is 1.32 bits per heavy atom. The highest BCUT2D eigenvalue weighted by atomic mass is 19.1. The molecule has 3 aromatic rings. The van der Waals surface area contributed by atoms with Crippen molar-refractivity contribution in [3.05, 3.63) is 42.6 Å². The van der Waals surface area contributed by atoms with Gasteiger partial charge in [-0.25, -0.2) is 9.37 Å². The summed E-state index contributed by atoms with van der Waals surface area (Å²) in [5, 5.41) is 3.87. The number of hydrogen-bond acceptors (Lipinski definition) is 4. The van der Waals surface area contributed by atoms with Gasteiger partial charge in [0.25, 0.3) is 0 Å². The molecule has 0 fully saturated rings. The van der Waals surface area contributed by atoms with E-state index < -0.39 is 0 Å². The van der Waals surface area contributed by atoms with Crippen molar-refractivity contribution in [2.75, 3.05) is 5.73 Å². The van der Waals surface area contributed by atoms with Crippen molar-refractivity contribution in [1.29, 1.82) is 0 Å². The fourth-order valence-electron chi connectivity index (χ4n) is 1.94. The third kappa shape index (κ3) is 1.87. The predicted molar refractivity (Wildman–Crippen MR) is 68.5 cm³/mol. The van der Waals surface area contributed by atoms with Gasteiger partial charge in [-0.15, -0.1) is 0 Å². The summed E-state index contributed by atoms with van der Waals surface area (Å²) in [6, 6.07) is 6.34. The summed E-state index contributed by atoms with van der Waals surface area (Å²) in [4.78, 5) is 4.18. The van der Waals surface area contributed by atoms with Crippen molar-refractivity contribution >= 4 is 5.88 Å². The molecule has 0 unspecified atom stereocenters. The SMILES string of the molecule is Cn1cnc(-c2noc(N)c2-c2ccccc2F)c1. The fourth-order valence-corrected chi connectivity index (χ4v) is 1.94. The number of rotatable bonds is 2. The van der Waals surface area contributed by atoms with Crippen LogP contribution in [0.4, 0.5) is 10.3 Å². The maximum Gasteiger partial charge on any atom is 0.230 e. The Morgan fingerprint density at radius 2 is 2.11 bits per heavy atom. The largest absolute Gasteiger partial charge is 0.367 e. The molecule has 19 heavy (non-hydrogen) atoms. The number of aromatic nitrogens is 3. The van der Waals surface area contributed by atoms with Crippen molar-refractivity contribution in [1.82, 2.24) is 14.7 Å². The van der Waals surface area contributed by atoms with Gasteiger partial charge < -0.3 is 14.8 Å². The number of halogens is 1. The Morgan fingerprint density at radius 3 is 2.79 bits per heavy atom. The van der Waals surface area contributed by atoms with Gasteiger partial charge in [-0.05, 0) is 6.07 Å². The van der Waals surface area contributed by atoms with E-state index in [9.17, 15) is 4.39 Å². The molecule has 2 heterocycles. The van der Waals surface area contributed by atoms with Gasteiger partial charge in [-0.2, -0.15) is 0 Å². The molecule has 6 heteroatoms. The molecule has 0 radical (unpaired) electrons. The Kier molecular flexibility index (Phi) is 2.56. The molecule has 0 bridgehead atoms. The number of hydrogen-bond donors (Lipinski definition) is 1. The molecule has 96 valence electrons. The van der Waals surface area contributed by atoms with Gasteiger partial charge in [-0.1, -0.05) is 23.4 Å². The summed E-state index contributed by atoms with van der Waals surface area (Å²) < 4.78 is 20.6. The van der Waals surface area contributed by atoms with Gasteiger partial charge in [0.05, 0.1) is 11.9 Å². The van der Waals surface area contributed by atoms with Crippen molar-refractivity contribution in [2.45, 2.75) is 0 Å². The lowest BCUT2D eigenvalue weighted by Crippen LogP contribution is -1.90. The summed E-state index contributed by atoms with van der Waals surface area (Å²) in [7, 11) is 1.84. The van der Waals surface area contributed by atoms with Crippen molar-refractivity contribution in [3.63, 3.8) is 0 Å². The average Bonchev–Trinajstić information content (AvgIpc) is 2.96. The highest BCUT2D eigenvalue weighted by Gasteiger charge is 2.21. The maximum absolute atomic E-state index is 13.9. The predicted octanol–water partition coefficient (Wildman–Crippen LogP) is 2.46. The summed E-state index contributed by atoms with van der Waals surface area (Å²) in [5.74, 6) is -0.305. The third-order valence-corrected chi connectivity index (χ3v) is 2.81. The smallest absolute Gasteiger partial charge is 0.230 e. The first kappa shape index (κ1) is 11.5. The first-order chi connectivity index (χ1) is 9.16. The molecule has 0 spiro atoms. The minimum atomic E-state index is -0.380. The zero-order valence-corrected chi connectivity index (χ0v) is 10.2. The minimum Gasteiger partial charge on any atom is -0.367 e. The second-order valence-corrected chi connectivity index (χ2v) is 4.17. The van der Waals surface area contributed by atoms with E-state index in [1.807, 2.05) is 7.05 Å². The minimum absolute atomic E-state index is 0.0748. The zero-order chi connectivity index (χ0) is 13.4. The second-order valence-electron chi connectivity index (χ2n) is 4.17. The number of aryl methyl sites for hydroxylation is 1. The van der Waals surface area contributed by atoms with Crippen molar-refractivity contribution < 1.29 is 8.91 Å². The van der Waals surface area contributed by atoms with E-state index >= 15 is 0 Å². The quantitative estimate of drug-likeness (QED) is 0.766. The lowest BCUT2D eigenvalue weighted by molar-refractivity contribution is 0.439. The van der Waals surface area contributed by atoms with Crippen LogP contribution < -0.4 is 5.73 Å². The molecular weight excluding hydrogens is 247 g/mol. The normalized spacial score (nSPS) is 10.8. The first-order valence-electron chi connectivity index (χ1n) is 5.65. The van der Waals surface area contributed by atoms with Gasteiger partial charge in [0.15, 0.2) is 0 Å². The van der Waals surface area contributed by atoms with Gasteiger partial charge in [0.2, 0.25) is 5.88 Å². The summed E-state index contributed by atoms with van der Waals surface area (Å²) in [6.07, 6.45) is 3.40. The van der Waals surface area contributed by atoms with Crippen molar-refractivity contribution in [2.24, 2.45) is 7.05 Å². The zero-order valence-electron chi connectivity index (χ0n) is 10.2. The molecule has 0 aliphatic rings. The van der Waals surface area contributed by atoms with E-state index in [0.29, 0.717) is 22.5 Å². The maximum atomic E-state index is 13.9. The van der Waals surface area contributed by atoms with E-state index in [0.717, 1.165) is 0 Å². The van der Waals surface area contributed by atoms with E-state index in [2.05, 4.69) is 10.1 Å². The first-order valence-corrected chi connectivity index (χ1v) is 5.65. The average molecular weight is 258 g/mol. The highest BCUT2D eigenvalue weighted by molar-refractivity contribution is 5.85. The van der Waals surface area contributed by atoms with Gasteiger partial charge in [0, 0.05) is 18.8 Å². The molecule has 2 aromatic heterocycles. The molecule has 3 rings (SSSR count). The molecule has 0 aliphatic heterocycles. The van der Waals surface area contributed by atoms with Crippen LogP contribution >= 0.6 is 0 Å². The molecule has 0 saturated carbocycles. The monoisotopic (exact) mass is 258 g/mol. The van der Waals surface area contributed by atoms with Crippen LogP contribution in [0.15, 0.2) is 41.3 Å². The summed E-state index contributed by atoms with van der Waals surface area (Å²) >= 11 is 0. The number of nitrogens with two attached hydrogens (primary N) is 1. The molecule has 1 aromatic carbocycles. The van der Waals surface area contributed by atoms with Crippen molar-refractivity contribution in [3.8, 4) is 22.5 Å². The van der Waals surface area contributed by atoms with Crippen LogP contribution in [0.25, 0.3) is 22.5 Å². The van der Waals surface area contributed by atoms with E-state index in [-0.39, 0.29) is 11.7 Å². The lowest BCUT2D eigenvalue weighted by atomic mass is 10.0. The van der Waals surface area contributed by atoms with Crippen LogP contribution in [-0.4, -0.2) is 14.7 Å². The molecule has 5 nitrogen and oxygen atoms in total. The topological polar surface area (TPSA) is 69.9 Å². The van der Waals surface area contributed by atoms with Gasteiger partial charge >= 0.3 is 0 Å². The van der Waals surface area contributed by atoms with Gasteiger partial charge in [-0.3, -0.25) is 0 Å². The summed E-state index contributed by atoms with van der Waals surface area (Å²) in [5.41, 5.74) is 7.55. The molecular formula is C13H11FN4O. The molecule has 0 saturated heterocycles. The number of nitrogens with zero attached hydrogens (tertiary/aromatic N) is 3. The van der Waals surface area contributed by atoms with E-state index in [1.54, 1.807) is 35.3 Å². The van der Waals surface area contributed by atoms with E-state index in [4.69, 9.17) is 10.3 Å². The number of anilines is 1. The Hall–Kier alpha value is -2.63. The van der Waals surface area contributed by atoms with Crippen LogP contribution in [0.5, 0.6) is 0 Å². The van der Waals surface area contributed by atoms with Crippen LogP contribution in [0.1, 0.15) is 0 Å². The number of imidazole rings is 1. The standard InChI is InChI=1S/C13H11FN4O/c1-18-6-10(16-7-18)12-11(13(15)19-17-12)8-4-2-3-5-9(8)14/h2-7H,15H2,1H3.